The van der Waals surface area contributed by atoms with Gasteiger partial charge in [-0.15, -0.1) is 0 Å². The van der Waals surface area contributed by atoms with Crippen LogP contribution in [0.4, 0.5) is 0 Å². The van der Waals surface area contributed by atoms with Gasteiger partial charge in [0.15, 0.2) is 0 Å². The SMILES string of the molecule is Clc1ccc2c(c1)C1(CCc3ccccc31)c1ccccc1-2. The Kier molecular flexibility index (Phi) is 2.41. The first-order valence-corrected chi connectivity index (χ1v) is 8.17. The van der Waals surface area contributed by atoms with E-state index in [-0.39, 0.29) is 5.41 Å². The Morgan fingerprint density at radius 1 is 0.727 bits per heavy atom. The maximum absolute atomic E-state index is 6.35. The van der Waals surface area contributed by atoms with E-state index < -0.39 is 0 Å². The van der Waals surface area contributed by atoms with Gasteiger partial charge in [0.1, 0.15) is 0 Å². The number of hydrogen-bond donors (Lipinski definition) is 0. The third-order valence-corrected chi connectivity index (χ3v) is 5.60. The molecule has 0 amide bonds. The van der Waals surface area contributed by atoms with Crippen LogP contribution in [0.1, 0.15) is 28.7 Å². The standard InChI is InChI=1S/C21H15Cl/c22-15-9-10-17-16-6-2-4-8-19(16)21(20(17)13-15)12-11-14-5-1-3-7-18(14)21/h1-10,13H,11-12H2. The van der Waals surface area contributed by atoms with Crippen LogP contribution >= 0.6 is 11.6 Å². The number of aryl methyl sites for hydroxylation is 1. The quantitative estimate of drug-likeness (QED) is 0.507. The fraction of sp³-hybridized carbons (Fsp3) is 0.143. The zero-order valence-corrected chi connectivity index (χ0v) is 12.9. The summed E-state index contributed by atoms with van der Waals surface area (Å²) in [6.45, 7) is 0. The second-order valence-corrected chi connectivity index (χ2v) is 6.73. The minimum atomic E-state index is -0.00653. The van der Waals surface area contributed by atoms with E-state index in [1.807, 2.05) is 6.07 Å². The highest BCUT2D eigenvalue weighted by molar-refractivity contribution is 6.30. The second kappa shape index (κ2) is 4.24. The van der Waals surface area contributed by atoms with Gasteiger partial charge in [-0.3, -0.25) is 0 Å². The molecule has 0 aliphatic heterocycles. The van der Waals surface area contributed by atoms with Crippen molar-refractivity contribution in [2.24, 2.45) is 0 Å². The predicted molar refractivity (Wildman–Crippen MR) is 91.5 cm³/mol. The van der Waals surface area contributed by atoms with E-state index >= 15 is 0 Å². The van der Waals surface area contributed by atoms with Gasteiger partial charge >= 0.3 is 0 Å². The van der Waals surface area contributed by atoms with Crippen LogP contribution in [0.3, 0.4) is 0 Å². The molecule has 0 heterocycles. The van der Waals surface area contributed by atoms with Gasteiger partial charge in [0.05, 0.1) is 0 Å². The molecular weight excluding hydrogens is 288 g/mol. The molecule has 106 valence electrons. The molecule has 0 saturated heterocycles. The van der Waals surface area contributed by atoms with Crippen LogP contribution in [0.2, 0.25) is 5.02 Å². The third kappa shape index (κ3) is 1.39. The molecule has 0 nitrogen and oxygen atoms in total. The van der Waals surface area contributed by atoms with Gasteiger partial charge in [-0.25, -0.2) is 0 Å². The van der Waals surface area contributed by atoms with Gasteiger partial charge in [0, 0.05) is 10.4 Å². The molecule has 22 heavy (non-hydrogen) atoms. The minimum absolute atomic E-state index is 0.00653. The molecule has 0 radical (unpaired) electrons. The molecule has 1 unspecified atom stereocenters. The van der Waals surface area contributed by atoms with Gasteiger partial charge in [-0.2, -0.15) is 0 Å². The van der Waals surface area contributed by atoms with Crippen LogP contribution < -0.4 is 0 Å². The smallest absolute Gasteiger partial charge is 0.0470 e. The van der Waals surface area contributed by atoms with Crippen molar-refractivity contribution in [3.63, 3.8) is 0 Å². The fourth-order valence-corrected chi connectivity index (χ4v) is 4.68. The van der Waals surface area contributed by atoms with Gasteiger partial charge in [0.2, 0.25) is 0 Å². The van der Waals surface area contributed by atoms with E-state index in [1.54, 1.807) is 0 Å². The molecule has 1 atom stereocenters. The maximum Gasteiger partial charge on any atom is 0.0470 e. The van der Waals surface area contributed by atoms with Gasteiger partial charge in [0.25, 0.3) is 0 Å². The molecule has 0 aromatic heterocycles. The average molecular weight is 303 g/mol. The molecule has 0 saturated carbocycles. The summed E-state index contributed by atoms with van der Waals surface area (Å²) < 4.78 is 0. The summed E-state index contributed by atoms with van der Waals surface area (Å²) in [6.07, 6.45) is 2.27. The molecule has 5 rings (SSSR count). The lowest BCUT2D eigenvalue weighted by Crippen LogP contribution is -2.23. The zero-order chi connectivity index (χ0) is 14.7. The lowest BCUT2D eigenvalue weighted by Gasteiger charge is -2.28. The van der Waals surface area contributed by atoms with Crippen LogP contribution in [0.15, 0.2) is 66.7 Å². The first-order chi connectivity index (χ1) is 10.8. The van der Waals surface area contributed by atoms with E-state index in [0.29, 0.717) is 0 Å². The lowest BCUT2D eigenvalue weighted by atomic mass is 9.73. The fourth-order valence-electron chi connectivity index (χ4n) is 4.51. The Labute approximate surface area is 135 Å². The molecule has 2 aliphatic rings. The Morgan fingerprint density at radius 2 is 1.45 bits per heavy atom. The van der Waals surface area contributed by atoms with Crippen LogP contribution in [0, 0.1) is 0 Å². The molecule has 3 aromatic rings. The van der Waals surface area contributed by atoms with Gasteiger partial charge < -0.3 is 0 Å². The van der Waals surface area contributed by atoms with Crippen molar-refractivity contribution in [3.8, 4) is 11.1 Å². The Hall–Kier alpha value is -2.05. The molecule has 0 N–H and O–H groups in total. The highest BCUT2D eigenvalue weighted by Gasteiger charge is 2.47. The summed E-state index contributed by atoms with van der Waals surface area (Å²) in [7, 11) is 0. The van der Waals surface area contributed by atoms with E-state index in [0.717, 1.165) is 17.9 Å². The van der Waals surface area contributed by atoms with Crippen molar-refractivity contribution >= 4 is 11.6 Å². The van der Waals surface area contributed by atoms with Crippen LogP contribution in [-0.4, -0.2) is 0 Å². The Morgan fingerprint density at radius 3 is 2.36 bits per heavy atom. The monoisotopic (exact) mass is 302 g/mol. The van der Waals surface area contributed by atoms with E-state index in [2.05, 4.69) is 60.7 Å². The molecule has 3 aromatic carbocycles. The summed E-state index contributed by atoms with van der Waals surface area (Å²) in [4.78, 5) is 0. The van der Waals surface area contributed by atoms with Crippen molar-refractivity contribution in [2.45, 2.75) is 18.3 Å². The van der Waals surface area contributed by atoms with Crippen molar-refractivity contribution in [2.75, 3.05) is 0 Å². The zero-order valence-electron chi connectivity index (χ0n) is 12.1. The first kappa shape index (κ1) is 12.5. The average Bonchev–Trinajstić information content (AvgIpc) is 3.07. The van der Waals surface area contributed by atoms with Crippen molar-refractivity contribution in [1.82, 2.24) is 0 Å². The van der Waals surface area contributed by atoms with Gasteiger partial charge in [-0.05, 0) is 58.4 Å². The molecule has 1 spiro atoms. The highest BCUT2D eigenvalue weighted by Crippen LogP contribution is 2.58. The van der Waals surface area contributed by atoms with Crippen LogP contribution in [0.25, 0.3) is 11.1 Å². The van der Waals surface area contributed by atoms with Crippen molar-refractivity contribution in [1.29, 1.82) is 0 Å². The summed E-state index contributed by atoms with van der Waals surface area (Å²) in [5.41, 5.74) is 8.47. The van der Waals surface area contributed by atoms with E-state index in [1.165, 1.54) is 33.4 Å². The first-order valence-electron chi connectivity index (χ1n) is 7.79. The number of fused-ring (bicyclic) bond motifs is 7. The Balaban J connectivity index is 1.94. The van der Waals surface area contributed by atoms with E-state index in [9.17, 15) is 0 Å². The summed E-state index contributed by atoms with van der Waals surface area (Å²) in [6, 6.07) is 24.1. The molecule has 0 fully saturated rings. The summed E-state index contributed by atoms with van der Waals surface area (Å²) in [5.74, 6) is 0. The minimum Gasteiger partial charge on any atom is -0.0843 e. The molecular formula is C21H15Cl. The predicted octanol–water partition coefficient (Wildman–Crippen LogP) is 5.60. The maximum atomic E-state index is 6.35. The molecule has 2 aliphatic carbocycles. The van der Waals surface area contributed by atoms with Gasteiger partial charge in [-0.1, -0.05) is 66.2 Å². The highest BCUT2D eigenvalue weighted by atomic mass is 35.5. The van der Waals surface area contributed by atoms with E-state index in [4.69, 9.17) is 11.6 Å². The third-order valence-electron chi connectivity index (χ3n) is 5.36. The van der Waals surface area contributed by atoms with Crippen molar-refractivity contribution in [3.05, 3.63) is 94.0 Å². The molecule has 0 bridgehead atoms. The number of hydrogen-bond acceptors (Lipinski definition) is 0. The Bertz CT molecular complexity index is 909. The summed E-state index contributed by atoms with van der Waals surface area (Å²) in [5, 5.41) is 0.829. The summed E-state index contributed by atoms with van der Waals surface area (Å²) >= 11 is 6.35. The lowest BCUT2D eigenvalue weighted by molar-refractivity contribution is 0.626. The normalized spacial score (nSPS) is 20.8. The van der Waals surface area contributed by atoms with Crippen molar-refractivity contribution < 1.29 is 0 Å². The topological polar surface area (TPSA) is 0 Å². The molecule has 1 heteroatoms. The largest absolute Gasteiger partial charge is 0.0843 e. The second-order valence-electron chi connectivity index (χ2n) is 6.30. The number of rotatable bonds is 0. The van der Waals surface area contributed by atoms with Crippen LogP contribution in [0.5, 0.6) is 0 Å². The number of benzene rings is 3. The van der Waals surface area contributed by atoms with Crippen LogP contribution in [-0.2, 0) is 11.8 Å². The number of halogens is 1.